The van der Waals surface area contributed by atoms with E-state index in [2.05, 4.69) is 5.32 Å². The fourth-order valence-corrected chi connectivity index (χ4v) is 3.66. The molecule has 3 amide bonds. The molecule has 1 aliphatic heterocycles. The molecule has 172 valence electrons. The van der Waals surface area contributed by atoms with Gasteiger partial charge in [0.05, 0.1) is 36.0 Å². The number of hydrogen-bond acceptors (Lipinski definition) is 6. The molecule has 0 saturated heterocycles. The number of nitrogens with one attached hydrogen (secondary N) is 1. The van der Waals surface area contributed by atoms with Crippen molar-refractivity contribution in [3.63, 3.8) is 0 Å². The Labute approximate surface area is 200 Å². The van der Waals surface area contributed by atoms with Gasteiger partial charge in [-0.3, -0.25) is 19.3 Å². The zero-order chi connectivity index (χ0) is 24.2. The number of imide groups is 1. The number of amides is 3. The number of fused-ring (bicyclic) bond motifs is 1. The Morgan fingerprint density at radius 3 is 2.21 bits per heavy atom. The summed E-state index contributed by atoms with van der Waals surface area (Å²) in [5.74, 6) is -1.55. The molecule has 0 radical (unpaired) electrons. The Kier molecular flexibility index (Phi) is 6.60. The van der Waals surface area contributed by atoms with Crippen molar-refractivity contribution in [2.45, 2.75) is 6.54 Å². The maximum atomic E-state index is 12.5. The smallest absolute Gasteiger partial charge is 0.338 e. The number of halogens is 1. The molecule has 3 aromatic rings. The lowest BCUT2D eigenvalue weighted by Crippen LogP contribution is -2.29. The second-order valence-electron chi connectivity index (χ2n) is 7.41. The highest BCUT2D eigenvalue weighted by Crippen LogP contribution is 2.27. The van der Waals surface area contributed by atoms with Crippen molar-refractivity contribution in [3.05, 3.63) is 94.0 Å². The monoisotopic (exact) mass is 478 g/mol. The van der Waals surface area contributed by atoms with Gasteiger partial charge in [0.25, 0.3) is 17.7 Å². The first-order chi connectivity index (χ1) is 16.4. The Bertz CT molecular complexity index is 1250. The van der Waals surface area contributed by atoms with Crippen LogP contribution >= 0.6 is 11.6 Å². The maximum absolute atomic E-state index is 12.5. The molecule has 1 N–H and O–H groups in total. The normalized spacial score (nSPS) is 12.4. The van der Waals surface area contributed by atoms with Crippen LogP contribution in [-0.4, -0.2) is 42.3 Å². The zero-order valence-electron chi connectivity index (χ0n) is 18.0. The highest BCUT2D eigenvalue weighted by molar-refractivity contribution is 6.31. The van der Waals surface area contributed by atoms with Crippen LogP contribution in [0, 0.1) is 0 Å². The van der Waals surface area contributed by atoms with Crippen LogP contribution in [-0.2, 0) is 16.1 Å². The Balaban J connectivity index is 1.33. The van der Waals surface area contributed by atoms with Crippen LogP contribution < -0.4 is 10.1 Å². The number of carbonyl (C=O) groups excluding carboxylic acids is 4. The van der Waals surface area contributed by atoms with E-state index in [1.165, 1.54) is 25.3 Å². The molecule has 9 heteroatoms. The summed E-state index contributed by atoms with van der Waals surface area (Å²) in [6, 6.07) is 17.7. The second-order valence-corrected chi connectivity index (χ2v) is 7.84. The molecule has 1 aliphatic rings. The van der Waals surface area contributed by atoms with Crippen LogP contribution in [0.1, 0.15) is 36.6 Å². The Morgan fingerprint density at radius 1 is 0.941 bits per heavy atom. The number of carbonyl (C=O) groups is 4. The van der Waals surface area contributed by atoms with Crippen molar-refractivity contribution in [2.75, 3.05) is 19.0 Å². The molecule has 0 spiro atoms. The number of hydrogen-bond donors (Lipinski definition) is 1. The first kappa shape index (κ1) is 23.0. The number of methoxy groups -OCH3 is 1. The van der Waals surface area contributed by atoms with Crippen LogP contribution in [0.5, 0.6) is 5.75 Å². The van der Waals surface area contributed by atoms with E-state index >= 15 is 0 Å². The van der Waals surface area contributed by atoms with E-state index in [-0.39, 0.29) is 23.9 Å². The van der Waals surface area contributed by atoms with Crippen LogP contribution in [0.3, 0.4) is 0 Å². The summed E-state index contributed by atoms with van der Waals surface area (Å²) in [5, 5.41) is 2.99. The van der Waals surface area contributed by atoms with E-state index in [1.807, 2.05) is 0 Å². The predicted molar refractivity (Wildman–Crippen MR) is 124 cm³/mol. The summed E-state index contributed by atoms with van der Waals surface area (Å²) in [5.41, 5.74) is 1.99. The van der Waals surface area contributed by atoms with Crippen LogP contribution in [0.15, 0.2) is 66.7 Å². The molecular weight excluding hydrogens is 460 g/mol. The molecule has 0 fully saturated rings. The third-order valence-corrected chi connectivity index (χ3v) is 5.41. The zero-order valence-corrected chi connectivity index (χ0v) is 18.8. The van der Waals surface area contributed by atoms with Gasteiger partial charge in [0, 0.05) is 5.02 Å². The van der Waals surface area contributed by atoms with E-state index in [0.717, 1.165) is 4.90 Å². The summed E-state index contributed by atoms with van der Waals surface area (Å²) in [6.07, 6.45) is 0. The van der Waals surface area contributed by atoms with Gasteiger partial charge in [-0.2, -0.15) is 0 Å². The largest absolute Gasteiger partial charge is 0.495 e. The summed E-state index contributed by atoms with van der Waals surface area (Å²) < 4.78 is 10.2. The highest BCUT2D eigenvalue weighted by atomic mass is 35.5. The SMILES string of the molecule is COc1ccc(Cl)cc1NC(=O)COC(=O)c1ccc(CN2C(=O)c3ccccc3C2=O)cc1. The molecule has 1 heterocycles. The molecular formula is C25H19ClN2O6. The number of benzene rings is 3. The first-order valence-corrected chi connectivity index (χ1v) is 10.6. The molecule has 0 aromatic heterocycles. The van der Waals surface area contributed by atoms with Gasteiger partial charge in [0.1, 0.15) is 5.75 Å². The van der Waals surface area contributed by atoms with Gasteiger partial charge in [0.2, 0.25) is 0 Å². The van der Waals surface area contributed by atoms with Gasteiger partial charge in [-0.1, -0.05) is 35.9 Å². The third-order valence-electron chi connectivity index (χ3n) is 5.18. The highest BCUT2D eigenvalue weighted by Gasteiger charge is 2.34. The quantitative estimate of drug-likeness (QED) is 0.407. The van der Waals surface area contributed by atoms with E-state index in [9.17, 15) is 19.2 Å². The van der Waals surface area contributed by atoms with E-state index in [1.54, 1.807) is 48.5 Å². The molecule has 0 atom stereocenters. The summed E-state index contributed by atoms with van der Waals surface area (Å²) in [4.78, 5) is 50.7. The minimum absolute atomic E-state index is 0.0749. The lowest BCUT2D eigenvalue weighted by Gasteiger charge is -2.14. The lowest BCUT2D eigenvalue weighted by atomic mass is 10.1. The topological polar surface area (TPSA) is 102 Å². The number of rotatable bonds is 7. The molecule has 4 rings (SSSR count). The molecule has 0 unspecified atom stereocenters. The van der Waals surface area contributed by atoms with Gasteiger partial charge in [-0.05, 0) is 48.0 Å². The molecule has 0 saturated carbocycles. The standard InChI is InChI=1S/C25H19ClN2O6/c1-33-21-11-10-17(26)12-20(21)27-22(29)14-34-25(32)16-8-6-15(7-9-16)13-28-23(30)18-4-2-3-5-19(18)24(28)31/h2-12H,13-14H2,1H3,(H,27,29). The van der Waals surface area contributed by atoms with Crippen molar-refractivity contribution in [1.29, 1.82) is 0 Å². The second kappa shape index (κ2) is 9.76. The fourth-order valence-electron chi connectivity index (χ4n) is 3.49. The Hall–Kier alpha value is -4.17. The first-order valence-electron chi connectivity index (χ1n) is 10.2. The maximum Gasteiger partial charge on any atom is 0.338 e. The van der Waals surface area contributed by atoms with Gasteiger partial charge in [0.15, 0.2) is 6.61 Å². The minimum Gasteiger partial charge on any atom is -0.495 e. The molecule has 34 heavy (non-hydrogen) atoms. The molecule has 8 nitrogen and oxygen atoms in total. The molecule has 0 aliphatic carbocycles. The van der Waals surface area contributed by atoms with Crippen molar-refractivity contribution in [2.24, 2.45) is 0 Å². The number of anilines is 1. The predicted octanol–water partition coefficient (Wildman–Crippen LogP) is 3.94. The van der Waals surface area contributed by atoms with Crippen LogP contribution in [0.25, 0.3) is 0 Å². The van der Waals surface area contributed by atoms with Gasteiger partial charge >= 0.3 is 5.97 Å². The van der Waals surface area contributed by atoms with Crippen LogP contribution in [0.4, 0.5) is 5.69 Å². The third kappa shape index (κ3) is 4.77. The van der Waals surface area contributed by atoms with E-state index in [4.69, 9.17) is 21.1 Å². The van der Waals surface area contributed by atoms with Gasteiger partial charge in [-0.15, -0.1) is 0 Å². The van der Waals surface area contributed by atoms with E-state index in [0.29, 0.717) is 33.1 Å². The van der Waals surface area contributed by atoms with E-state index < -0.39 is 18.5 Å². The average molecular weight is 479 g/mol. The summed E-state index contributed by atoms with van der Waals surface area (Å²) >= 11 is 5.94. The number of esters is 1. The average Bonchev–Trinajstić information content (AvgIpc) is 3.08. The summed E-state index contributed by atoms with van der Waals surface area (Å²) in [7, 11) is 1.46. The minimum atomic E-state index is -0.694. The van der Waals surface area contributed by atoms with Crippen molar-refractivity contribution < 1.29 is 28.7 Å². The summed E-state index contributed by atoms with van der Waals surface area (Å²) in [6.45, 7) is -0.434. The molecule has 0 bridgehead atoms. The van der Waals surface area contributed by atoms with Crippen molar-refractivity contribution >= 4 is 41.0 Å². The van der Waals surface area contributed by atoms with Crippen molar-refractivity contribution in [3.8, 4) is 5.75 Å². The fraction of sp³-hybridized carbons (Fsp3) is 0.120. The Morgan fingerprint density at radius 2 is 1.59 bits per heavy atom. The number of ether oxygens (including phenoxy) is 2. The lowest BCUT2D eigenvalue weighted by molar-refractivity contribution is -0.119. The van der Waals surface area contributed by atoms with Gasteiger partial charge < -0.3 is 14.8 Å². The molecule has 3 aromatic carbocycles. The number of nitrogens with zero attached hydrogens (tertiary/aromatic N) is 1. The van der Waals surface area contributed by atoms with Gasteiger partial charge in [-0.25, -0.2) is 4.79 Å². The van der Waals surface area contributed by atoms with Crippen LogP contribution in [0.2, 0.25) is 5.02 Å². The van der Waals surface area contributed by atoms with Crippen molar-refractivity contribution in [1.82, 2.24) is 4.90 Å².